The Morgan fingerprint density at radius 2 is 1.88 bits per heavy atom. The topological polar surface area (TPSA) is 66.5 Å². The molecule has 0 heterocycles. The predicted octanol–water partition coefficient (Wildman–Crippen LogP) is 3.47. The summed E-state index contributed by atoms with van der Waals surface area (Å²) in [6, 6.07) is 5.68. The van der Waals surface area contributed by atoms with E-state index in [4.69, 9.17) is 0 Å². The minimum atomic E-state index is -3.45. The third-order valence-corrected chi connectivity index (χ3v) is 5.95. The fourth-order valence-corrected chi connectivity index (χ4v) is 4.47. The van der Waals surface area contributed by atoms with Crippen molar-refractivity contribution in [2.75, 3.05) is 23.7 Å². The molecule has 0 aromatic heterocycles. The van der Waals surface area contributed by atoms with Crippen molar-refractivity contribution in [3.63, 3.8) is 0 Å². The second-order valence-electron chi connectivity index (χ2n) is 7.03. The van der Waals surface area contributed by atoms with Crippen LogP contribution in [0.5, 0.6) is 0 Å². The maximum atomic E-state index is 12.3. The van der Waals surface area contributed by atoms with Crippen LogP contribution < -0.4 is 9.62 Å². The number of allylic oxidation sites excluding steroid dienone is 1. The first-order valence-corrected chi connectivity index (χ1v) is 11.1. The van der Waals surface area contributed by atoms with Crippen LogP contribution in [0.15, 0.2) is 29.8 Å². The van der Waals surface area contributed by atoms with E-state index < -0.39 is 10.0 Å². The maximum absolute atomic E-state index is 12.3. The first-order valence-electron chi connectivity index (χ1n) is 9.27. The fourth-order valence-electron chi connectivity index (χ4n) is 3.43. The molecule has 0 atom stereocenters. The summed E-state index contributed by atoms with van der Waals surface area (Å²) in [5.74, 6) is -0.110. The largest absolute Gasteiger partial charge is 0.356 e. The lowest BCUT2D eigenvalue weighted by molar-refractivity contribution is -0.120. The van der Waals surface area contributed by atoms with Crippen LogP contribution in [-0.4, -0.2) is 33.7 Å². The van der Waals surface area contributed by atoms with Gasteiger partial charge in [0.25, 0.3) is 0 Å². The van der Waals surface area contributed by atoms with E-state index in [0.29, 0.717) is 12.2 Å². The number of sulfonamides is 1. The molecule has 26 heavy (non-hydrogen) atoms. The lowest BCUT2D eigenvalue weighted by Gasteiger charge is -2.25. The van der Waals surface area contributed by atoms with Crippen LogP contribution in [0.2, 0.25) is 0 Å². The molecule has 0 saturated carbocycles. The number of nitrogens with one attached hydrogen (secondary N) is 1. The fraction of sp³-hybridized carbons (Fsp3) is 0.550. The molecule has 2 rings (SSSR count). The Kier molecular flexibility index (Phi) is 7.26. The third kappa shape index (κ3) is 5.87. The highest BCUT2D eigenvalue weighted by atomic mass is 32.2. The summed E-state index contributed by atoms with van der Waals surface area (Å²) in [4.78, 5) is 12.2. The highest BCUT2D eigenvalue weighted by Crippen LogP contribution is 2.26. The molecule has 5 nitrogen and oxygen atoms in total. The summed E-state index contributed by atoms with van der Waals surface area (Å²) in [6.07, 6.45) is 9.27. The van der Waals surface area contributed by atoms with E-state index in [-0.39, 0.29) is 18.9 Å². The van der Waals surface area contributed by atoms with Crippen LogP contribution in [0.1, 0.15) is 49.7 Å². The molecular formula is C20H30N2O3S. The molecule has 1 aromatic rings. The second kappa shape index (κ2) is 9.21. The van der Waals surface area contributed by atoms with Gasteiger partial charge < -0.3 is 5.32 Å². The Morgan fingerprint density at radius 1 is 1.19 bits per heavy atom. The SMILES string of the molecule is Cc1cccc(C)c1N(CCC(=O)NCCC1=CCCCC1)S(C)(=O)=O. The van der Waals surface area contributed by atoms with Gasteiger partial charge in [-0.25, -0.2) is 8.42 Å². The van der Waals surface area contributed by atoms with E-state index >= 15 is 0 Å². The molecule has 0 spiro atoms. The molecule has 0 saturated heterocycles. The predicted molar refractivity (Wildman–Crippen MR) is 107 cm³/mol. The molecule has 1 amide bonds. The van der Waals surface area contributed by atoms with Gasteiger partial charge in [-0.1, -0.05) is 29.8 Å². The van der Waals surface area contributed by atoms with Crippen molar-refractivity contribution in [1.29, 1.82) is 0 Å². The zero-order valence-corrected chi connectivity index (χ0v) is 16.9. The van der Waals surface area contributed by atoms with Crippen LogP contribution in [-0.2, 0) is 14.8 Å². The van der Waals surface area contributed by atoms with Gasteiger partial charge in [0.05, 0.1) is 11.9 Å². The molecule has 0 aliphatic heterocycles. The van der Waals surface area contributed by atoms with E-state index in [9.17, 15) is 13.2 Å². The molecule has 1 aliphatic carbocycles. The number of rotatable bonds is 8. The van der Waals surface area contributed by atoms with E-state index in [1.807, 2.05) is 32.0 Å². The summed E-state index contributed by atoms with van der Waals surface area (Å²) >= 11 is 0. The molecule has 144 valence electrons. The molecule has 1 N–H and O–H groups in total. The zero-order valence-electron chi connectivity index (χ0n) is 16.0. The standard InChI is InChI=1S/C20H30N2O3S/c1-16-8-7-9-17(2)20(16)22(26(3,24)25)15-13-19(23)21-14-12-18-10-5-4-6-11-18/h7-10H,4-6,11-15H2,1-3H3,(H,21,23). The van der Waals surface area contributed by atoms with Gasteiger partial charge in [-0.3, -0.25) is 9.10 Å². The first kappa shape index (κ1) is 20.5. The summed E-state index contributed by atoms with van der Waals surface area (Å²) in [7, 11) is -3.45. The van der Waals surface area contributed by atoms with Crippen molar-refractivity contribution in [3.05, 3.63) is 41.0 Å². The number of para-hydroxylation sites is 1. The quantitative estimate of drug-likeness (QED) is 0.705. The van der Waals surface area contributed by atoms with Gasteiger partial charge in [0.1, 0.15) is 0 Å². The number of hydrogen-bond donors (Lipinski definition) is 1. The van der Waals surface area contributed by atoms with E-state index in [0.717, 1.165) is 30.4 Å². The molecule has 1 aromatic carbocycles. The lowest BCUT2D eigenvalue weighted by atomic mass is 9.97. The van der Waals surface area contributed by atoms with Gasteiger partial charge in [0.15, 0.2) is 0 Å². The van der Waals surface area contributed by atoms with Crippen molar-refractivity contribution in [2.24, 2.45) is 0 Å². The molecular weight excluding hydrogens is 348 g/mol. The van der Waals surface area contributed by atoms with Crippen LogP contribution in [0.25, 0.3) is 0 Å². The number of carbonyl (C=O) groups excluding carboxylic acids is 1. The highest BCUT2D eigenvalue weighted by Gasteiger charge is 2.21. The Balaban J connectivity index is 1.93. The summed E-state index contributed by atoms with van der Waals surface area (Å²) in [5, 5.41) is 2.92. The average molecular weight is 379 g/mol. The van der Waals surface area contributed by atoms with Crippen molar-refractivity contribution < 1.29 is 13.2 Å². The highest BCUT2D eigenvalue weighted by molar-refractivity contribution is 7.92. The van der Waals surface area contributed by atoms with Crippen molar-refractivity contribution in [1.82, 2.24) is 5.32 Å². The Labute approximate surface area is 157 Å². The zero-order chi connectivity index (χ0) is 19.2. The Hall–Kier alpha value is -1.82. The van der Waals surface area contributed by atoms with Gasteiger partial charge in [0, 0.05) is 19.5 Å². The number of carbonyl (C=O) groups is 1. The molecule has 6 heteroatoms. The number of aryl methyl sites for hydroxylation is 2. The average Bonchev–Trinajstić information content (AvgIpc) is 2.57. The maximum Gasteiger partial charge on any atom is 0.232 e. The first-order chi connectivity index (χ1) is 12.3. The molecule has 0 radical (unpaired) electrons. The molecule has 0 fully saturated rings. The number of benzene rings is 1. The summed E-state index contributed by atoms with van der Waals surface area (Å²) < 4.78 is 25.9. The summed E-state index contributed by atoms with van der Waals surface area (Å²) in [5.41, 5.74) is 3.88. The van der Waals surface area contributed by atoms with Gasteiger partial charge in [-0.05, 0) is 57.1 Å². The van der Waals surface area contributed by atoms with Crippen LogP contribution >= 0.6 is 0 Å². The number of nitrogens with zero attached hydrogens (tertiary/aromatic N) is 1. The van der Waals surface area contributed by atoms with Gasteiger partial charge in [0.2, 0.25) is 15.9 Å². The third-order valence-electron chi connectivity index (χ3n) is 4.78. The normalized spacial score (nSPS) is 14.7. The number of amides is 1. The Bertz CT molecular complexity index is 749. The minimum Gasteiger partial charge on any atom is -0.356 e. The number of anilines is 1. The van der Waals surface area contributed by atoms with E-state index in [1.54, 1.807) is 0 Å². The minimum absolute atomic E-state index is 0.110. The van der Waals surface area contributed by atoms with E-state index in [1.165, 1.54) is 29.0 Å². The van der Waals surface area contributed by atoms with Crippen molar-refractivity contribution in [2.45, 2.75) is 52.4 Å². The van der Waals surface area contributed by atoms with E-state index in [2.05, 4.69) is 11.4 Å². The Morgan fingerprint density at radius 3 is 2.46 bits per heavy atom. The molecule has 1 aliphatic rings. The smallest absolute Gasteiger partial charge is 0.232 e. The molecule has 0 bridgehead atoms. The lowest BCUT2D eigenvalue weighted by Crippen LogP contribution is -2.35. The van der Waals surface area contributed by atoms with Gasteiger partial charge in [-0.2, -0.15) is 0 Å². The summed E-state index contributed by atoms with van der Waals surface area (Å²) in [6.45, 7) is 4.54. The van der Waals surface area contributed by atoms with Gasteiger partial charge in [-0.15, -0.1) is 0 Å². The van der Waals surface area contributed by atoms with Crippen molar-refractivity contribution >= 4 is 21.6 Å². The monoisotopic (exact) mass is 378 g/mol. The van der Waals surface area contributed by atoms with Crippen LogP contribution in [0, 0.1) is 13.8 Å². The molecule has 0 unspecified atom stereocenters. The van der Waals surface area contributed by atoms with Gasteiger partial charge >= 0.3 is 0 Å². The second-order valence-corrected chi connectivity index (χ2v) is 8.94. The van der Waals surface area contributed by atoms with Crippen LogP contribution in [0.3, 0.4) is 0 Å². The van der Waals surface area contributed by atoms with Crippen LogP contribution in [0.4, 0.5) is 5.69 Å². The van der Waals surface area contributed by atoms with Crippen molar-refractivity contribution in [3.8, 4) is 0 Å². The number of hydrogen-bond acceptors (Lipinski definition) is 3.